The summed E-state index contributed by atoms with van der Waals surface area (Å²) in [7, 11) is 0. The summed E-state index contributed by atoms with van der Waals surface area (Å²) in [5.74, 6) is 0.394. The van der Waals surface area contributed by atoms with Crippen LogP contribution in [0.1, 0.15) is 46.0 Å². The topological polar surface area (TPSA) is 97.0 Å². The van der Waals surface area contributed by atoms with Crippen molar-refractivity contribution in [2.75, 3.05) is 37.1 Å². The molecule has 1 fully saturated rings. The molecular formula is C23H25N3O5. The first kappa shape index (κ1) is 20.7. The van der Waals surface area contributed by atoms with Gasteiger partial charge in [0.1, 0.15) is 0 Å². The van der Waals surface area contributed by atoms with Gasteiger partial charge in [0.25, 0.3) is 5.91 Å². The molecule has 2 amide bonds. The molecule has 0 unspecified atom stereocenters. The van der Waals surface area contributed by atoms with Gasteiger partial charge in [0, 0.05) is 30.4 Å². The number of amides is 2. The van der Waals surface area contributed by atoms with Crippen molar-refractivity contribution in [3.05, 3.63) is 47.0 Å². The number of likely N-dealkylation sites (tertiary alicyclic amines) is 1. The van der Waals surface area contributed by atoms with Gasteiger partial charge in [-0.3, -0.25) is 14.4 Å². The van der Waals surface area contributed by atoms with Crippen LogP contribution in [0.3, 0.4) is 0 Å². The maximum atomic E-state index is 13.0. The number of hydrogen-bond donors (Lipinski definition) is 2. The van der Waals surface area contributed by atoms with Crippen LogP contribution >= 0.6 is 0 Å². The van der Waals surface area contributed by atoms with Crippen molar-refractivity contribution in [3.63, 3.8) is 0 Å². The molecule has 0 radical (unpaired) electrons. The molecule has 1 saturated heterocycles. The zero-order chi connectivity index (χ0) is 22.0. The van der Waals surface area contributed by atoms with E-state index in [-0.39, 0.29) is 30.9 Å². The van der Waals surface area contributed by atoms with Gasteiger partial charge in [0.15, 0.2) is 17.3 Å². The van der Waals surface area contributed by atoms with Crippen molar-refractivity contribution >= 4 is 29.0 Å². The van der Waals surface area contributed by atoms with E-state index >= 15 is 0 Å². The Labute approximate surface area is 180 Å². The monoisotopic (exact) mass is 423 g/mol. The lowest BCUT2D eigenvalue weighted by molar-refractivity contribution is -0.114. The van der Waals surface area contributed by atoms with Gasteiger partial charge < -0.3 is 25.0 Å². The lowest BCUT2D eigenvalue weighted by atomic mass is 10.0. The number of nitrogens with one attached hydrogen (secondary N) is 2. The highest BCUT2D eigenvalue weighted by Gasteiger charge is 2.24. The first-order valence-corrected chi connectivity index (χ1v) is 10.3. The Bertz CT molecular complexity index is 1040. The lowest BCUT2D eigenvalue weighted by Crippen LogP contribution is -2.30. The van der Waals surface area contributed by atoms with Gasteiger partial charge in [-0.25, -0.2) is 0 Å². The van der Waals surface area contributed by atoms with E-state index in [0.717, 1.165) is 31.5 Å². The highest BCUT2D eigenvalue weighted by atomic mass is 16.7. The number of ether oxygens (including phenoxy) is 2. The molecule has 2 N–H and O–H groups in total. The number of hydrogen-bond acceptors (Lipinski definition) is 6. The minimum Gasteiger partial charge on any atom is -0.454 e. The Morgan fingerprint density at radius 2 is 1.74 bits per heavy atom. The Balaban J connectivity index is 1.48. The molecule has 2 aliphatic heterocycles. The highest BCUT2D eigenvalue weighted by molar-refractivity contribution is 6.06. The average molecular weight is 423 g/mol. The van der Waals surface area contributed by atoms with Gasteiger partial charge in [-0.2, -0.15) is 0 Å². The second-order valence-corrected chi connectivity index (χ2v) is 7.71. The van der Waals surface area contributed by atoms with Crippen LogP contribution in [0.15, 0.2) is 30.3 Å². The first-order valence-electron chi connectivity index (χ1n) is 10.3. The molecule has 2 aliphatic rings. The maximum absolute atomic E-state index is 13.0. The number of nitrogens with zero attached hydrogens (tertiary/aromatic N) is 1. The molecule has 162 valence electrons. The molecule has 8 nitrogen and oxygen atoms in total. The molecule has 0 aliphatic carbocycles. The summed E-state index contributed by atoms with van der Waals surface area (Å²) in [5, 5.41) is 5.84. The third kappa shape index (κ3) is 4.33. The molecule has 2 aromatic rings. The minimum absolute atomic E-state index is 0.0202. The summed E-state index contributed by atoms with van der Waals surface area (Å²) < 4.78 is 10.7. The average Bonchev–Trinajstić information content (AvgIpc) is 3.42. The normalized spacial score (nSPS) is 14.5. The van der Waals surface area contributed by atoms with E-state index in [1.165, 1.54) is 6.92 Å². The van der Waals surface area contributed by atoms with Gasteiger partial charge >= 0.3 is 0 Å². The molecule has 0 aromatic heterocycles. The lowest BCUT2D eigenvalue weighted by Gasteiger charge is -2.20. The zero-order valence-electron chi connectivity index (χ0n) is 17.6. The van der Waals surface area contributed by atoms with Gasteiger partial charge in [-0.05, 0) is 44.4 Å². The SMILES string of the molecule is CC(=O)c1cc2c(cc1NC(=O)CNc1cccc(C)c1C(=O)N1CCCC1)OCO2. The second-order valence-electron chi connectivity index (χ2n) is 7.71. The zero-order valence-corrected chi connectivity index (χ0v) is 17.6. The summed E-state index contributed by atoms with van der Waals surface area (Å²) in [6, 6.07) is 8.69. The van der Waals surface area contributed by atoms with E-state index in [9.17, 15) is 14.4 Å². The molecule has 4 rings (SSSR count). The predicted octanol–water partition coefficient (Wildman–Crippen LogP) is 3.21. The number of carbonyl (C=O) groups is 3. The van der Waals surface area contributed by atoms with Gasteiger partial charge in [0.05, 0.1) is 17.8 Å². The van der Waals surface area contributed by atoms with Crippen molar-refractivity contribution in [2.45, 2.75) is 26.7 Å². The van der Waals surface area contributed by atoms with Crippen LogP contribution in [0.4, 0.5) is 11.4 Å². The number of rotatable bonds is 6. The smallest absolute Gasteiger partial charge is 0.256 e. The maximum Gasteiger partial charge on any atom is 0.256 e. The van der Waals surface area contributed by atoms with Crippen LogP contribution in [0, 0.1) is 6.92 Å². The molecule has 2 heterocycles. The van der Waals surface area contributed by atoms with Gasteiger partial charge in [-0.15, -0.1) is 0 Å². The standard InChI is InChI=1S/C23H25N3O5/c1-14-6-5-7-17(22(14)23(29)26-8-3-4-9-26)24-12-21(28)25-18-11-20-19(30-13-31-20)10-16(18)15(2)27/h5-7,10-11,24H,3-4,8-9,12-13H2,1-2H3,(H,25,28). The summed E-state index contributed by atoms with van der Waals surface area (Å²) >= 11 is 0. The third-order valence-electron chi connectivity index (χ3n) is 5.49. The molecule has 31 heavy (non-hydrogen) atoms. The van der Waals surface area contributed by atoms with E-state index < -0.39 is 0 Å². The van der Waals surface area contributed by atoms with Crippen LogP contribution in [0.2, 0.25) is 0 Å². The van der Waals surface area contributed by atoms with Crippen LogP contribution in [-0.2, 0) is 4.79 Å². The van der Waals surface area contributed by atoms with Crippen molar-refractivity contribution in [2.24, 2.45) is 0 Å². The van der Waals surface area contributed by atoms with E-state index in [2.05, 4.69) is 10.6 Å². The highest BCUT2D eigenvalue weighted by Crippen LogP contribution is 2.37. The van der Waals surface area contributed by atoms with E-state index in [1.807, 2.05) is 24.0 Å². The molecular weight excluding hydrogens is 398 g/mol. The predicted molar refractivity (Wildman–Crippen MR) is 116 cm³/mol. The van der Waals surface area contributed by atoms with Crippen molar-refractivity contribution in [1.29, 1.82) is 0 Å². The second kappa shape index (κ2) is 8.67. The fraction of sp³-hybridized carbons (Fsp3) is 0.348. The molecule has 2 aromatic carbocycles. The quantitative estimate of drug-likeness (QED) is 0.693. The van der Waals surface area contributed by atoms with E-state index in [0.29, 0.717) is 34.0 Å². The summed E-state index contributed by atoms with van der Waals surface area (Å²) in [4.78, 5) is 39.5. The van der Waals surface area contributed by atoms with Gasteiger partial charge in [-0.1, -0.05) is 12.1 Å². The molecule has 0 spiro atoms. The number of benzene rings is 2. The van der Waals surface area contributed by atoms with Crippen LogP contribution in [-0.4, -0.2) is 48.9 Å². The Morgan fingerprint density at radius 3 is 2.45 bits per heavy atom. The Kier molecular flexibility index (Phi) is 5.79. The Morgan fingerprint density at radius 1 is 1.03 bits per heavy atom. The summed E-state index contributed by atoms with van der Waals surface area (Å²) in [6.07, 6.45) is 2.02. The fourth-order valence-electron chi connectivity index (χ4n) is 3.88. The number of Topliss-reactive ketones (excluding diaryl/α,β-unsaturated/α-hetero) is 1. The summed E-state index contributed by atoms with van der Waals surface area (Å²) in [5.41, 5.74) is 2.77. The number of aryl methyl sites for hydroxylation is 1. The first-order chi connectivity index (χ1) is 14.9. The van der Waals surface area contributed by atoms with Crippen molar-refractivity contribution in [3.8, 4) is 11.5 Å². The van der Waals surface area contributed by atoms with E-state index in [1.54, 1.807) is 18.2 Å². The van der Waals surface area contributed by atoms with Crippen LogP contribution < -0.4 is 20.1 Å². The number of anilines is 2. The van der Waals surface area contributed by atoms with Crippen molar-refractivity contribution < 1.29 is 23.9 Å². The minimum atomic E-state index is -0.345. The fourth-order valence-corrected chi connectivity index (χ4v) is 3.88. The number of carbonyl (C=O) groups excluding carboxylic acids is 3. The molecule has 0 atom stereocenters. The summed E-state index contributed by atoms with van der Waals surface area (Å²) in [6.45, 7) is 4.84. The largest absolute Gasteiger partial charge is 0.454 e. The Hall–Kier alpha value is -3.55. The van der Waals surface area contributed by atoms with Crippen molar-refractivity contribution in [1.82, 2.24) is 4.90 Å². The van der Waals surface area contributed by atoms with E-state index in [4.69, 9.17) is 9.47 Å². The van der Waals surface area contributed by atoms with Crippen LogP contribution in [0.25, 0.3) is 0 Å². The molecule has 8 heteroatoms. The van der Waals surface area contributed by atoms with Gasteiger partial charge in [0.2, 0.25) is 12.7 Å². The van der Waals surface area contributed by atoms with Crippen LogP contribution in [0.5, 0.6) is 11.5 Å². The molecule has 0 saturated carbocycles. The third-order valence-corrected chi connectivity index (χ3v) is 5.49. The number of fused-ring (bicyclic) bond motifs is 1. The number of ketones is 1. The molecule has 0 bridgehead atoms.